The second-order valence-corrected chi connectivity index (χ2v) is 10.8. The molecule has 2 nitrogen and oxygen atoms in total. The third-order valence-electron chi connectivity index (χ3n) is 7.32. The van der Waals surface area contributed by atoms with Crippen LogP contribution in [0.4, 0.5) is 0 Å². The smallest absolute Gasteiger partial charge is 0.107 e. The van der Waals surface area contributed by atoms with Gasteiger partial charge in [0.25, 0.3) is 0 Å². The highest BCUT2D eigenvalue weighted by molar-refractivity contribution is 7.99. The SMILES string of the molecule is CCCCCC(C)C(C)C1=C2OCC(C)(C)C3CSCCC23CC(O)=C1. The van der Waals surface area contributed by atoms with Crippen LogP contribution in [0.5, 0.6) is 0 Å². The monoisotopic (exact) mass is 378 g/mol. The van der Waals surface area contributed by atoms with Gasteiger partial charge in [-0.2, -0.15) is 11.8 Å². The lowest BCUT2D eigenvalue weighted by Crippen LogP contribution is -2.53. The van der Waals surface area contributed by atoms with Gasteiger partial charge < -0.3 is 9.84 Å². The molecule has 0 saturated carbocycles. The van der Waals surface area contributed by atoms with Crippen LogP contribution in [0.25, 0.3) is 0 Å². The van der Waals surface area contributed by atoms with E-state index in [1.54, 1.807) is 0 Å². The Labute approximate surface area is 164 Å². The molecule has 0 amide bonds. The highest BCUT2D eigenvalue weighted by Crippen LogP contribution is 2.61. The van der Waals surface area contributed by atoms with E-state index in [9.17, 15) is 5.11 Å². The maximum absolute atomic E-state index is 10.7. The summed E-state index contributed by atoms with van der Waals surface area (Å²) in [4.78, 5) is 0. The van der Waals surface area contributed by atoms with Crippen LogP contribution < -0.4 is 0 Å². The molecule has 1 aliphatic carbocycles. The fourth-order valence-electron chi connectivity index (χ4n) is 5.43. The fourth-order valence-corrected chi connectivity index (χ4v) is 7.11. The van der Waals surface area contributed by atoms with E-state index in [2.05, 4.69) is 52.5 Å². The summed E-state index contributed by atoms with van der Waals surface area (Å²) >= 11 is 2.08. The summed E-state index contributed by atoms with van der Waals surface area (Å²) in [5.74, 6) is 5.85. The van der Waals surface area contributed by atoms with Crippen molar-refractivity contribution in [2.75, 3.05) is 18.1 Å². The standard InChI is InChI=1S/C23H38O2S/c1-6-7-8-9-16(2)17(3)19-12-18(24)13-23-10-11-26-14-20(23)22(4,5)15-25-21(19)23/h12,16-17,20,24H,6-11,13-15H2,1-5H3. The highest BCUT2D eigenvalue weighted by Gasteiger charge is 2.57. The number of thioether (sulfide) groups is 1. The van der Waals surface area contributed by atoms with Crippen LogP contribution in [0, 0.1) is 28.6 Å². The number of allylic oxidation sites excluding steroid dienone is 4. The Kier molecular flexibility index (Phi) is 6.06. The van der Waals surface area contributed by atoms with Crippen molar-refractivity contribution in [3.63, 3.8) is 0 Å². The summed E-state index contributed by atoms with van der Waals surface area (Å²) in [6, 6.07) is 0. The number of aliphatic hydroxyl groups is 1. The summed E-state index contributed by atoms with van der Waals surface area (Å²) < 4.78 is 6.53. The van der Waals surface area contributed by atoms with Crippen LogP contribution in [0.3, 0.4) is 0 Å². The molecule has 0 aromatic heterocycles. The average Bonchev–Trinajstić information content (AvgIpc) is 2.59. The van der Waals surface area contributed by atoms with E-state index in [1.807, 2.05) is 0 Å². The maximum atomic E-state index is 10.7. The van der Waals surface area contributed by atoms with Crippen molar-refractivity contribution in [2.45, 2.75) is 73.1 Å². The molecule has 0 radical (unpaired) electrons. The Morgan fingerprint density at radius 2 is 2.08 bits per heavy atom. The Morgan fingerprint density at radius 1 is 1.31 bits per heavy atom. The predicted molar refractivity (Wildman–Crippen MR) is 112 cm³/mol. The molecule has 3 aliphatic rings. The lowest BCUT2D eigenvalue weighted by Gasteiger charge is -2.57. The first-order chi connectivity index (χ1) is 12.3. The average molecular weight is 379 g/mol. The van der Waals surface area contributed by atoms with E-state index in [0.717, 1.165) is 19.4 Å². The van der Waals surface area contributed by atoms with Crippen molar-refractivity contribution in [1.82, 2.24) is 0 Å². The molecule has 2 saturated heterocycles. The molecule has 2 aliphatic heterocycles. The zero-order chi connectivity index (χ0) is 18.9. The molecule has 0 aromatic carbocycles. The van der Waals surface area contributed by atoms with Crippen LogP contribution in [0.1, 0.15) is 73.1 Å². The van der Waals surface area contributed by atoms with Gasteiger partial charge >= 0.3 is 0 Å². The largest absolute Gasteiger partial charge is 0.512 e. The number of hydrogen-bond acceptors (Lipinski definition) is 3. The van der Waals surface area contributed by atoms with E-state index < -0.39 is 0 Å². The second-order valence-electron chi connectivity index (χ2n) is 9.67. The summed E-state index contributed by atoms with van der Waals surface area (Å²) in [5.41, 5.74) is 1.50. The van der Waals surface area contributed by atoms with Crippen molar-refractivity contribution >= 4 is 11.8 Å². The van der Waals surface area contributed by atoms with Gasteiger partial charge in [0.2, 0.25) is 0 Å². The van der Waals surface area contributed by atoms with Gasteiger partial charge in [-0.3, -0.25) is 0 Å². The molecule has 4 unspecified atom stereocenters. The molecule has 1 spiro atoms. The summed E-state index contributed by atoms with van der Waals surface area (Å²) in [7, 11) is 0. The van der Waals surface area contributed by atoms with E-state index in [1.165, 1.54) is 48.5 Å². The van der Waals surface area contributed by atoms with Crippen molar-refractivity contribution in [3.05, 3.63) is 23.2 Å². The summed E-state index contributed by atoms with van der Waals surface area (Å²) in [6.07, 6.45) is 9.13. The molecular weight excluding hydrogens is 340 g/mol. The summed E-state index contributed by atoms with van der Waals surface area (Å²) in [5, 5.41) is 10.7. The van der Waals surface area contributed by atoms with E-state index in [-0.39, 0.29) is 10.8 Å². The van der Waals surface area contributed by atoms with Crippen LogP contribution in [0.2, 0.25) is 0 Å². The fraction of sp³-hybridized carbons (Fsp3) is 0.826. The lowest BCUT2D eigenvalue weighted by atomic mass is 9.56. The van der Waals surface area contributed by atoms with Gasteiger partial charge in [-0.15, -0.1) is 0 Å². The van der Waals surface area contributed by atoms with Crippen molar-refractivity contribution < 1.29 is 9.84 Å². The van der Waals surface area contributed by atoms with Gasteiger partial charge in [-0.1, -0.05) is 60.3 Å². The van der Waals surface area contributed by atoms with Gasteiger partial charge in [-0.25, -0.2) is 0 Å². The lowest BCUT2D eigenvalue weighted by molar-refractivity contribution is -0.0810. The Bertz CT molecular complexity index is 577. The first-order valence-corrected chi connectivity index (χ1v) is 11.8. The number of aliphatic hydroxyl groups excluding tert-OH is 1. The molecule has 3 rings (SSSR count). The van der Waals surface area contributed by atoms with Crippen molar-refractivity contribution in [3.8, 4) is 0 Å². The first-order valence-electron chi connectivity index (χ1n) is 10.7. The quantitative estimate of drug-likeness (QED) is 0.519. The predicted octanol–water partition coefficient (Wildman–Crippen LogP) is 6.73. The molecule has 2 heterocycles. The molecule has 1 N–H and O–H groups in total. The van der Waals surface area contributed by atoms with Crippen LogP contribution in [-0.2, 0) is 4.74 Å². The van der Waals surface area contributed by atoms with E-state index in [4.69, 9.17) is 4.74 Å². The minimum atomic E-state index is 0.0264. The Morgan fingerprint density at radius 3 is 2.81 bits per heavy atom. The van der Waals surface area contributed by atoms with Crippen molar-refractivity contribution in [2.24, 2.45) is 28.6 Å². The molecule has 4 atom stereocenters. The maximum Gasteiger partial charge on any atom is 0.107 e. The number of rotatable bonds is 6. The van der Waals surface area contributed by atoms with Gasteiger partial charge in [-0.05, 0) is 47.3 Å². The van der Waals surface area contributed by atoms with Gasteiger partial charge in [0.05, 0.1) is 12.4 Å². The van der Waals surface area contributed by atoms with Crippen LogP contribution in [-0.4, -0.2) is 23.2 Å². The summed E-state index contributed by atoms with van der Waals surface area (Å²) in [6.45, 7) is 12.5. The van der Waals surface area contributed by atoms with E-state index in [0.29, 0.717) is 23.5 Å². The molecule has 26 heavy (non-hydrogen) atoms. The molecule has 0 bridgehead atoms. The molecule has 3 heteroatoms. The van der Waals surface area contributed by atoms with Crippen LogP contribution >= 0.6 is 11.8 Å². The van der Waals surface area contributed by atoms with Gasteiger partial charge in [0, 0.05) is 17.3 Å². The highest BCUT2D eigenvalue weighted by atomic mass is 32.2. The number of unbranched alkanes of at least 4 members (excludes halogenated alkanes) is 2. The van der Waals surface area contributed by atoms with Gasteiger partial charge in [0.1, 0.15) is 5.76 Å². The Balaban J connectivity index is 1.94. The zero-order valence-corrected chi connectivity index (χ0v) is 18.3. The topological polar surface area (TPSA) is 29.5 Å². The number of ether oxygens (including phenoxy) is 1. The van der Waals surface area contributed by atoms with Crippen LogP contribution in [0.15, 0.2) is 23.2 Å². The first kappa shape index (κ1) is 20.2. The normalized spacial score (nSPS) is 32.8. The Hall–Kier alpha value is -0.570. The minimum Gasteiger partial charge on any atom is -0.512 e. The molecular formula is C23H38O2S. The zero-order valence-electron chi connectivity index (χ0n) is 17.4. The van der Waals surface area contributed by atoms with E-state index >= 15 is 0 Å². The van der Waals surface area contributed by atoms with Gasteiger partial charge in [0.15, 0.2) is 0 Å². The third-order valence-corrected chi connectivity index (χ3v) is 8.38. The van der Waals surface area contributed by atoms with Crippen molar-refractivity contribution in [1.29, 1.82) is 0 Å². The third kappa shape index (κ3) is 3.57. The number of hydrogen-bond donors (Lipinski definition) is 1. The molecule has 148 valence electrons. The molecule has 0 aromatic rings. The molecule has 2 fully saturated rings. The second kappa shape index (κ2) is 7.81. The minimum absolute atomic E-state index is 0.0264.